The summed E-state index contributed by atoms with van der Waals surface area (Å²) in [4.78, 5) is 34.0. The van der Waals surface area contributed by atoms with E-state index in [9.17, 15) is 9.59 Å². The highest BCUT2D eigenvalue weighted by Crippen LogP contribution is 2.20. The summed E-state index contributed by atoms with van der Waals surface area (Å²) in [6.07, 6.45) is 0. The highest BCUT2D eigenvalue weighted by molar-refractivity contribution is 5.96. The van der Waals surface area contributed by atoms with Crippen LogP contribution in [0.25, 0.3) is 11.0 Å². The second-order valence-corrected chi connectivity index (χ2v) is 8.79. The SMILES string of the molecule is O=C(NCC(=O)N1CCN(Cc2nc3ccccc3n2Cc2ccccc2)CC1)c1ccccc1. The Balaban J connectivity index is 1.19. The summed E-state index contributed by atoms with van der Waals surface area (Å²) >= 11 is 0. The monoisotopic (exact) mass is 467 g/mol. The van der Waals surface area contributed by atoms with Crippen LogP contribution in [0.1, 0.15) is 21.7 Å². The Morgan fingerprint density at radius 1 is 0.771 bits per heavy atom. The van der Waals surface area contributed by atoms with E-state index in [1.54, 1.807) is 12.1 Å². The van der Waals surface area contributed by atoms with E-state index in [0.29, 0.717) is 18.7 Å². The molecule has 0 spiro atoms. The van der Waals surface area contributed by atoms with Gasteiger partial charge in [0.2, 0.25) is 5.91 Å². The Bertz CT molecular complexity index is 1290. The molecule has 35 heavy (non-hydrogen) atoms. The van der Waals surface area contributed by atoms with Crippen molar-refractivity contribution in [2.24, 2.45) is 0 Å². The third kappa shape index (κ3) is 5.41. The predicted molar refractivity (Wildman–Crippen MR) is 136 cm³/mol. The van der Waals surface area contributed by atoms with Crippen LogP contribution >= 0.6 is 0 Å². The van der Waals surface area contributed by atoms with Crippen LogP contribution in [0.15, 0.2) is 84.9 Å². The Morgan fingerprint density at radius 3 is 2.17 bits per heavy atom. The molecule has 0 radical (unpaired) electrons. The smallest absolute Gasteiger partial charge is 0.251 e. The van der Waals surface area contributed by atoms with E-state index >= 15 is 0 Å². The molecule has 2 heterocycles. The van der Waals surface area contributed by atoms with Crippen molar-refractivity contribution in [2.75, 3.05) is 32.7 Å². The average molecular weight is 468 g/mol. The number of aromatic nitrogens is 2. The van der Waals surface area contributed by atoms with Gasteiger partial charge in [-0.15, -0.1) is 0 Å². The van der Waals surface area contributed by atoms with Gasteiger partial charge in [-0.3, -0.25) is 14.5 Å². The van der Waals surface area contributed by atoms with E-state index in [4.69, 9.17) is 4.98 Å². The summed E-state index contributed by atoms with van der Waals surface area (Å²) in [5.74, 6) is 0.755. The number of imidazole rings is 1. The number of piperazine rings is 1. The van der Waals surface area contributed by atoms with Gasteiger partial charge in [0.1, 0.15) is 5.82 Å². The number of benzene rings is 3. The summed E-state index contributed by atoms with van der Waals surface area (Å²) in [6, 6.07) is 27.6. The Kier molecular flexibility index (Phi) is 6.86. The van der Waals surface area contributed by atoms with Gasteiger partial charge in [-0.1, -0.05) is 60.7 Å². The fourth-order valence-electron chi connectivity index (χ4n) is 4.50. The van der Waals surface area contributed by atoms with Crippen LogP contribution in [0.2, 0.25) is 0 Å². The van der Waals surface area contributed by atoms with Crippen LogP contribution in [0.4, 0.5) is 0 Å². The molecule has 178 valence electrons. The maximum absolute atomic E-state index is 12.6. The first-order valence-corrected chi connectivity index (χ1v) is 12.0. The topological polar surface area (TPSA) is 70.5 Å². The predicted octanol–water partition coefficient (Wildman–Crippen LogP) is 3.16. The molecule has 2 amide bonds. The van der Waals surface area contributed by atoms with Gasteiger partial charge in [-0.25, -0.2) is 4.98 Å². The van der Waals surface area contributed by atoms with Gasteiger partial charge in [0.25, 0.3) is 5.91 Å². The molecule has 1 fully saturated rings. The van der Waals surface area contributed by atoms with Crippen molar-refractivity contribution >= 4 is 22.8 Å². The molecule has 1 saturated heterocycles. The zero-order valence-corrected chi connectivity index (χ0v) is 19.6. The van der Waals surface area contributed by atoms with E-state index < -0.39 is 0 Å². The first kappa shape index (κ1) is 22.8. The third-order valence-corrected chi connectivity index (χ3v) is 6.44. The number of nitrogens with zero attached hydrogens (tertiary/aromatic N) is 4. The van der Waals surface area contributed by atoms with Gasteiger partial charge >= 0.3 is 0 Å². The summed E-state index contributed by atoms with van der Waals surface area (Å²) in [5.41, 5.74) is 3.93. The lowest BCUT2D eigenvalue weighted by Crippen LogP contribution is -2.51. The fourth-order valence-corrected chi connectivity index (χ4v) is 4.50. The number of rotatable bonds is 7. The molecule has 5 rings (SSSR count). The molecule has 4 aromatic rings. The lowest BCUT2D eigenvalue weighted by atomic mass is 10.2. The summed E-state index contributed by atoms with van der Waals surface area (Å²) in [7, 11) is 0. The number of hydrogen-bond acceptors (Lipinski definition) is 4. The molecule has 0 atom stereocenters. The molecular weight excluding hydrogens is 438 g/mol. The van der Waals surface area contributed by atoms with Crippen molar-refractivity contribution in [3.63, 3.8) is 0 Å². The van der Waals surface area contributed by atoms with E-state index in [-0.39, 0.29) is 18.4 Å². The molecule has 1 aromatic heterocycles. The molecule has 3 aromatic carbocycles. The lowest BCUT2D eigenvalue weighted by Gasteiger charge is -2.34. The van der Waals surface area contributed by atoms with Crippen molar-refractivity contribution in [1.82, 2.24) is 24.7 Å². The van der Waals surface area contributed by atoms with E-state index in [1.807, 2.05) is 35.2 Å². The van der Waals surface area contributed by atoms with Gasteiger partial charge in [-0.05, 0) is 29.8 Å². The van der Waals surface area contributed by atoms with Crippen LogP contribution in [0.3, 0.4) is 0 Å². The molecule has 0 unspecified atom stereocenters. The van der Waals surface area contributed by atoms with Crippen molar-refractivity contribution < 1.29 is 9.59 Å². The van der Waals surface area contributed by atoms with Gasteiger partial charge in [0, 0.05) is 38.3 Å². The maximum Gasteiger partial charge on any atom is 0.251 e. The highest BCUT2D eigenvalue weighted by Gasteiger charge is 2.23. The number of hydrogen-bond donors (Lipinski definition) is 1. The largest absolute Gasteiger partial charge is 0.343 e. The van der Waals surface area contributed by atoms with Crippen LogP contribution in [-0.4, -0.2) is 63.9 Å². The Hall–Kier alpha value is -3.97. The summed E-state index contributed by atoms with van der Waals surface area (Å²) in [6.45, 7) is 4.34. The summed E-state index contributed by atoms with van der Waals surface area (Å²) in [5, 5.41) is 2.74. The zero-order chi connectivity index (χ0) is 24.0. The molecule has 0 bridgehead atoms. The van der Waals surface area contributed by atoms with Crippen LogP contribution in [-0.2, 0) is 17.9 Å². The Labute approximate surface area is 205 Å². The molecule has 1 aliphatic heterocycles. The first-order valence-electron chi connectivity index (χ1n) is 12.0. The van der Waals surface area contributed by atoms with Crippen LogP contribution in [0, 0.1) is 0 Å². The minimum absolute atomic E-state index is 0.0145. The van der Waals surface area contributed by atoms with Crippen molar-refractivity contribution in [2.45, 2.75) is 13.1 Å². The molecule has 0 saturated carbocycles. The average Bonchev–Trinajstić information content (AvgIpc) is 3.25. The second-order valence-electron chi connectivity index (χ2n) is 8.79. The number of carbonyl (C=O) groups is 2. The zero-order valence-electron chi connectivity index (χ0n) is 19.6. The molecular formula is C28H29N5O2. The van der Waals surface area contributed by atoms with Gasteiger partial charge in [-0.2, -0.15) is 0 Å². The molecule has 0 aliphatic carbocycles. The molecule has 1 aliphatic rings. The normalized spacial score (nSPS) is 14.2. The van der Waals surface area contributed by atoms with Gasteiger partial charge < -0.3 is 14.8 Å². The van der Waals surface area contributed by atoms with Crippen molar-refractivity contribution in [1.29, 1.82) is 0 Å². The highest BCUT2D eigenvalue weighted by atomic mass is 16.2. The number of fused-ring (bicyclic) bond motifs is 1. The quantitative estimate of drug-likeness (QED) is 0.453. The van der Waals surface area contributed by atoms with Crippen LogP contribution < -0.4 is 5.32 Å². The number of carbonyl (C=O) groups excluding carboxylic acids is 2. The first-order chi connectivity index (χ1) is 17.2. The molecule has 1 N–H and O–H groups in total. The molecule has 7 heteroatoms. The Morgan fingerprint density at radius 2 is 1.43 bits per heavy atom. The van der Waals surface area contributed by atoms with E-state index in [1.165, 1.54) is 5.56 Å². The molecule has 7 nitrogen and oxygen atoms in total. The maximum atomic E-state index is 12.6. The van der Waals surface area contributed by atoms with E-state index in [2.05, 4.69) is 57.2 Å². The second kappa shape index (κ2) is 10.5. The number of amides is 2. The minimum Gasteiger partial charge on any atom is -0.343 e. The third-order valence-electron chi connectivity index (χ3n) is 6.44. The minimum atomic E-state index is -0.227. The van der Waals surface area contributed by atoms with Crippen molar-refractivity contribution in [3.05, 3.63) is 102 Å². The van der Waals surface area contributed by atoms with Gasteiger partial charge in [0.15, 0.2) is 0 Å². The standard InChI is InChI=1S/C28H29N5O2/c34-27(19-29-28(35)23-11-5-2-6-12-23)32-17-15-31(16-18-32)21-26-30-24-13-7-8-14-25(24)33(26)20-22-9-3-1-4-10-22/h1-14H,15-21H2,(H,29,35). The number of nitrogens with one attached hydrogen (secondary N) is 1. The fraction of sp³-hybridized carbons (Fsp3) is 0.250. The summed E-state index contributed by atoms with van der Waals surface area (Å²) < 4.78 is 2.29. The number of para-hydroxylation sites is 2. The van der Waals surface area contributed by atoms with E-state index in [0.717, 1.165) is 43.0 Å². The van der Waals surface area contributed by atoms with Crippen molar-refractivity contribution in [3.8, 4) is 0 Å². The lowest BCUT2D eigenvalue weighted by molar-refractivity contribution is -0.131. The van der Waals surface area contributed by atoms with Gasteiger partial charge in [0.05, 0.1) is 24.1 Å². The van der Waals surface area contributed by atoms with Crippen LogP contribution in [0.5, 0.6) is 0 Å².